The molecule has 3 unspecified atom stereocenters. The second kappa shape index (κ2) is 6.55. The van der Waals surface area contributed by atoms with Crippen molar-refractivity contribution < 1.29 is 29.3 Å². The molecule has 166 valence electrons. The molecular weight excluding hydrogens is 384 g/mol. The van der Waals surface area contributed by atoms with E-state index in [1.165, 1.54) is 7.11 Å². The summed E-state index contributed by atoms with van der Waals surface area (Å²) in [7, 11) is 1.42. The quantitative estimate of drug-likeness (QED) is 0.502. The van der Waals surface area contributed by atoms with E-state index in [0.717, 1.165) is 31.3 Å². The molecule has 1 saturated heterocycles. The normalized spacial score (nSPS) is 52.2. The zero-order chi connectivity index (χ0) is 21.5. The average Bonchev–Trinajstić information content (AvgIpc) is 3.21. The van der Waals surface area contributed by atoms with Crippen molar-refractivity contribution in [1.29, 1.82) is 0 Å². The first kappa shape index (κ1) is 20.5. The zero-order valence-corrected chi connectivity index (χ0v) is 18.2. The van der Waals surface area contributed by atoms with Crippen molar-refractivity contribution in [2.75, 3.05) is 7.11 Å². The van der Waals surface area contributed by atoms with Crippen molar-refractivity contribution in [3.8, 4) is 0 Å². The molecule has 9 atom stereocenters. The van der Waals surface area contributed by atoms with Crippen LogP contribution in [-0.4, -0.2) is 47.1 Å². The van der Waals surface area contributed by atoms with Gasteiger partial charge in [0.05, 0.1) is 25.2 Å². The van der Waals surface area contributed by atoms with Crippen LogP contribution in [0.3, 0.4) is 0 Å². The third kappa shape index (κ3) is 2.49. The molecule has 6 nitrogen and oxygen atoms in total. The minimum atomic E-state index is -0.582. The van der Waals surface area contributed by atoms with E-state index in [1.807, 2.05) is 0 Å². The van der Waals surface area contributed by atoms with Gasteiger partial charge in [-0.25, -0.2) is 0 Å². The Morgan fingerprint density at radius 2 is 1.97 bits per heavy atom. The van der Waals surface area contributed by atoms with Gasteiger partial charge in [0.1, 0.15) is 5.60 Å². The van der Waals surface area contributed by atoms with Gasteiger partial charge in [-0.05, 0) is 68.1 Å². The summed E-state index contributed by atoms with van der Waals surface area (Å²) in [4.78, 5) is 25.0. The van der Waals surface area contributed by atoms with Crippen molar-refractivity contribution in [2.24, 2.45) is 34.5 Å². The molecule has 5 rings (SSSR count). The smallest absolute Gasteiger partial charge is 0.312 e. The SMILES string of the molecule is COC(=O)[C@@H]1C=C2C[C@@H](O)CC[C@]2(C)C2C1C1CC[C@@]3(CCC(=O)O3)[C@@]1(C)C[C@H]2O. The van der Waals surface area contributed by atoms with Crippen LogP contribution in [0.1, 0.15) is 65.2 Å². The maximum atomic E-state index is 13.0. The van der Waals surface area contributed by atoms with E-state index >= 15 is 0 Å². The fraction of sp³-hybridized carbons (Fsp3) is 0.833. The summed E-state index contributed by atoms with van der Waals surface area (Å²) in [5.41, 5.74) is 0.00865. The third-order valence-electron chi connectivity index (χ3n) is 9.88. The van der Waals surface area contributed by atoms with Crippen molar-refractivity contribution in [1.82, 2.24) is 0 Å². The second-order valence-corrected chi connectivity index (χ2v) is 11.0. The van der Waals surface area contributed by atoms with E-state index in [-0.39, 0.29) is 40.5 Å². The van der Waals surface area contributed by atoms with Crippen LogP contribution in [-0.2, 0) is 19.1 Å². The lowest BCUT2D eigenvalue weighted by Gasteiger charge is -2.61. The Balaban J connectivity index is 1.62. The summed E-state index contributed by atoms with van der Waals surface area (Å²) < 4.78 is 11.2. The molecule has 0 aromatic heterocycles. The van der Waals surface area contributed by atoms with Gasteiger partial charge in [-0.1, -0.05) is 25.5 Å². The Morgan fingerprint density at radius 1 is 1.20 bits per heavy atom. The van der Waals surface area contributed by atoms with Crippen LogP contribution in [0.4, 0.5) is 0 Å². The van der Waals surface area contributed by atoms with E-state index in [4.69, 9.17) is 9.47 Å². The van der Waals surface area contributed by atoms with Gasteiger partial charge >= 0.3 is 11.9 Å². The highest BCUT2D eigenvalue weighted by atomic mass is 16.6. The number of aliphatic hydroxyl groups excluding tert-OH is 2. The zero-order valence-electron chi connectivity index (χ0n) is 18.2. The number of methoxy groups -OCH3 is 1. The number of hydrogen-bond donors (Lipinski definition) is 2. The Morgan fingerprint density at radius 3 is 2.63 bits per heavy atom. The lowest BCUT2D eigenvalue weighted by Crippen LogP contribution is -2.62. The van der Waals surface area contributed by atoms with Crippen LogP contribution in [0.5, 0.6) is 0 Å². The topological polar surface area (TPSA) is 93.1 Å². The van der Waals surface area contributed by atoms with E-state index in [9.17, 15) is 19.8 Å². The number of carbonyl (C=O) groups excluding carboxylic acids is 2. The van der Waals surface area contributed by atoms with Crippen molar-refractivity contribution in [3.05, 3.63) is 11.6 Å². The fourth-order valence-corrected chi connectivity index (χ4v) is 8.42. The van der Waals surface area contributed by atoms with Crippen molar-refractivity contribution in [3.63, 3.8) is 0 Å². The summed E-state index contributed by atoms with van der Waals surface area (Å²) in [6, 6.07) is 0. The first-order chi connectivity index (χ1) is 14.1. The molecule has 0 aromatic rings. The largest absolute Gasteiger partial charge is 0.469 e. The first-order valence-corrected chi connectivity index (χ1v) is 11.5. The molecule has 30 heavy (non-hydrogen) atoms. The highest BCUT2D eigenvalue weighted by molar-refractivity contribution is 5.76. The second-order valence-electron chi connectivity index (χ2n) is 11.0. The molecule has 1 spiro atoms. The third-order valence-corrected chi connectivity index (χ3v) is 9.88. The Bertz CT molecular complexity index is 806. The van der Waals surface area contributed by atoms with E-state index in [0.29, 0.717) is 25.7 Å². The molecule has 3 saturated carbocycles. The molecule has 1 heterocycles. The van der Waals surface area contributed by atoms with Crippen molar-refractivity contribution >= 4 is 11.9 Å². The standard InChI is InChI=1S/C24H34O6/c1-22-7-4-14(25)10-13(22)11-15(21(28)29-3)19-16-5-8-24(9-6-18(27)30-24)23(16,2)12-17(26)20(19)22/h11,14-17,19-20,25-26H,4-10,12H2,1-3H3/t14-,15+,16?,17+,19?,20?,22-,23-,24+/m0/s1. The molecule has 0 radical (unpaired) electrons. The van der Waals surface area contributed by atoms with Gasteiger partial charge in [-0.15, -0.1) is 0 Å². The molecule has 5 aliphatic rings. The molecule has 0 amide bonds. The Labute approximate surface area is 178 Å². The lowest BCUT2D eigenvalue weighted by atomic mass is 9.44. The summed E-state index contributed by atoms with van der Waals surface area (Å²) in [5, 5.41) is 21.9. The molecule has 4 aliphatic carbocycles. The lowest BCUT2D eigenvalue weighted by molar-refractivity contribution is -0.192. The molecular formula is C24H34O6. The van der Waals surface area contributed by atoms with E-state index in [1.54, 1.807) is 0 Å². The van der Waals surface area contributed by atoms with Crippen molar-refractivity contribution in [2.45, 2.75) is 83.0 Å². The Hall–Kier alpha value is -1.40. The van der Waals surface area contributed by atoms with Gasteiger partial charge in [-0.2, -0.15) is 0 Å². The van der Waals surface area contributed by atoms with Crippen LogP contribution in [0.15, 0.2) is 11.6 Å². The van der Waals surface area contributed by atoms with Crippen LogP contribution in [0.25, 0.3) is 0 Å². The predicted molar refractivity (Wildman–Crippen MR) is 108 cm³/mol. The summed E-state index contributed by atoms with van der Waals surface area (Å²) in [6.45, 7) is 4.38. The summed E-state index contributed by atoms with van der Waals surface area (Å²) in [5.74, 6) is -0.756. The van der Waals surface area contributed by atoms with E-state index < -0.39 is 23.7 Å². The van der Waals surface area contributed by atoms with Gasteiger partial charge in [0.15, 0.2) is 0 Å². The number of rotatable bonds is 1. The van der Waals surface area contributed by atoms with Gasteiger partial charge in [0.2, 0.25) is 0 Å². The monoisotopic (exact) mass is 418 g/mol. The van der Waals surface area contributed by atoms with Crippen LogP contribution in [0.2, 0.25) is 0 Å². The van der Waals surface area contributed by atoms with Crippen LogP contribution in [0, 0.1) is 34.5 Å². The molecule has 4 fully saturated rings. The number of carbonyl (C=O) groups is 2. The minimum Gasteiger partial charge on any atom is -0.469 e. The van der Waals surface area contributed by atoms with Gasteiger partial charge in [0, 0.05) is 11.8 Å². The van der Waals surface area contributed by atoms with Gasteiger partial charge in [0.25, 0.3) is 0 Å². The number of fused-ring (bicyclic) bond motifs is 6. The maximum Gasteiger partial charge on any atom is 0.312 e. The average molecular weight is 419 g/mol. The van der Waals surface area contributed by atoms with Crippen LogP contribution < -0.4 is 0 Å². The predicted octanol–water partition coefficient (Wildman–Crippen LogP) is 2.76. The molecule has 0 bridgehead atoms. The molecule has 0 aromatic carbocycles. The number of ether oxygens (including phenoxy) is 2. The summed E-state index contributed by atoms with van der Waals surface area (Å²) >= 11 is 0. The Kier molecular flexibility index (Phi) is 4.48. The highest BCUT2D eigenvalue weighted by Crippen LogP contribution is 2.70. The van der Waals surface area contributed by atoms with Gasteiger partial charge in [-0.3, -0.25) is 9.59 Å². The number of aliphatic hydroxyl groups is 2. The molecule has 6 heteroatoms. The van der Waals surface area contributed by atoms with Crippen LogP contribution >= 0.6 is 0 Å². The highest BCUT2D eigenvalue weighted by Gasteiger charge is 2.70. The maximum absolute atomic E-state index is 13.0. The fourth-order valence-electron chi connectivity index (χ4n) is 8.42. The minimum absolute atomic E-state index is 0.0473. The summed E-state index contributed by atoms with van der Waals surface area (Å²) in [6.07, 6.45) is 6.60. The van der Waals surface area contributed by atoms with E-state index in [2.05, 4.69) is 19.9 Å². The molecule has 2 N–H and O–H groups in total. The number of hydrogen-bond acceptors (Lipinski definition) is 6. The van der Waals surface area contributed by atoms with Gasteiger partial charge < -0.3 is 19.7 Å². The first-order valence-electron chi connectivity index (χ1n) is 11.5. The number of esters is 2. The molecule has 1 aliphatic heterocycles.